The second-order valence-corrected chi connectivity index (χ2v) is 5.56. The first kappa shape index (κ1) is 15.4. The lowest BCUT2D eigenvalue weighted by molar-refractivity contribution is 0.265. The first-order chi connectivity index (χ1) is 9.79. The summed E-state index contributed by atoms with van der Waals surface area (Å²) < 4.78 is 13.0. The molecule has 0 spiro atoms. The fraction of sp³-hybridized carbons (Fsp3) is 0.688. The van der Waals surface area contributed by atoms with Gasteiger partial charge in [0.1, 0.15) is 5.82 Å². The van der Waals surface area contributed by atoms with Crippen LogP contribution >= 0.6 is 0 Å². The van der Waals surface area contributed by atoms with Crippen LogP contribution in [0.3, 0.4) is 0 Å². The highest BCUT2D eigenvalue weighted by Gasteiger charge is 2.15. The Kier molecular flexibility index (Phi) is 6.40. The van der Waals surface area contributed by atoms with E-state index < -0.39 is 0 Å². The van der Waals surface area contributed by atoms with Crippen LogP contribution in [-0.4, -0.2) is 36.1 Å². The lowest BCUT2D eigenvalue weighted by Crippen LogP contribution is -2.30. The lowest BCUT2D eigenvalue weighted by Gasteiger charge is -2.24. The van der Waals surface area contributed by atoms with Gasteiger partial charge in [0.15, 0.2) is 0 Å². The molecule has 1 N–H and O–H groups in total. The molecule has 1 saturated heterocycles. The molecule has 0 aromatic carbocycles. The van der Waals surface area contributed by atoms with E-state index in [2.05, 4.69) is 22.1 Å². The third-order valence-corrected chi connectivity index (χ3v) is 3.99. The minimum Gasteiger partial charge on any atom is -0.309 e. The van der Waals surface area contributed by atoms with Crippen LogP contribution < -0.4 is 5.32 Å². The molecule has 1 aliphatic rings. The van der Waals surface area contributed by atoms with Gasteiger partial charge in [0.2, 0.25) is 0 Å². The van der Waals surface area contributed by atoms with Gasteiger partial charge in [-0.05, 0) is 57.6 Å². The minimum absolute atomic E-state index is 0.226. The molecular formula is C16H26FN3. The molecule has 0 saturated carbocycles. The standard InChI is InChI=1S/C16H26FN3/c1-2-18-16(15-8-7-14(17)13-19-15)9-12-20-10-5-3-4-6-11-20/h7-8,13,16,18H,2-6,9-12H2,1H3. The summed E-state index contributed by atoms with van der Waals surface area (Å²) >= 11 is 0. The molecule has 1 aliphatic heterocycles. The van der Waals surface area contributed by atoms with E-state index >= 15 is 0 Å². The number of likely N-dealkylation sites (tertiary alicyclic amines) is 1. The highest BCUT2D eigenvalue weighted by Crippen LogP contribution is 2.17. The Bertz CT molecular complexity index is 372. The van der Waals surface area contributed by atoms with Crippen LogP contribution in [0, 0.1) is 5.82 Å². The number of halogens is 1. The number of rotatable bonds is 6. The van der Waals surface area contributed by atoms with Gasteiger partial charge in [-0.1, -0.05) is 19.8 Å². The van der Waals surface area contributed by atoms with Crippen molar-refractivity contribution in [2.45, 2.75) is 45.1 Å². The summed E-state index contributed by atoms with van der Waals surface area (Å²) in [6, 6.07) is 3.52. The van der Waals surface area contributed by atoms with Gasteiger partial charge in [-0.25, -0.2) is 4.39 Å². The first-order valence-corrected chi connectivity index (χ1v) is 7.87. The van der Waals surface area contributed by atoms with E-state index in [9.17, 15) is 4.39 Å². The highest BCUT2D eigenvalue weighted by atomic mass is 19.1. The summed E-state index contributed by atoms with van der Waals surface area (Å²) in [6.07, 6.45) is 7.72. The number of nitrogens with one attached hydrogen (secondary N) is 1. The molecule has 112 valence electrons. The van der Waals surface area contributed by atoms with Gasteiger partial charge in [-0.3, -0.25) is 4.98 Å². The summed E-state index contributed by atoms with van der Waals surface area (Å²) in [5, 5.41) is 3.46. The Hall–Kier alpha value is -1.00. The van der Waals surface area contributed by atoms with Crippen molar-refractivity contribution in [3.8, 4) is 0 Å². The quantitative estimate of drug-likeness (QED) is 0.867. The smallest absolute Gasteiger partial charge is 0.141 e. The second-order valence-electron chi connectivity index (χ2n) is 5.56. The molecule has 1 fully saturated rings. The van der Waals surface area contributed by atoms with Crippen molar-refractivity contribution >= 4 is 0 Å². The molecule has 2 heterocycles. The Morgan fingerprint density at radius 2 is 2.00 bits per heavy atom. The third-order valence-electron chi connectivity index (χ3n) is 3.99. The normalized spacial score (nSPS) is 18.7. The molecule has 1 atom stereocenters. The Morgan fingerprint density at radius 3 is 2.60 bits per heavy atom. The summed E-state index contributed by atoms with van der Waals surface area (Å²) in [7, 11) is 0. The first-order valence-electron chi connectivity index (χ1n) is 7.87. The monoisotopic (exact) mass is 279 g/mol. The Labute approximate surface area is 121 Å². The van der Waals surface area contributed by atoms with E-state index in [-0.39, 0.29) is 11.9 Å². The molecule has 0 bridgehead atoms. The van der Waals surface area contributed by atoms with Crippen molar-refractivity contribution in [3.05, 3.63) is 29.8 Å². The van der Waals surface area contributed by atoms with Crippen LogP contribution in [-0.2, 0) is 0 Å². The molecule has 1 aromatic heterocycles. The Morgan fingerprint density at radius 1 is 1.25 bits per heavy atom. The van der Waals surface area contributed by atoms with E-state index in [4.69, 9.17) is 0 Å². The molecule has 3 nitrogen and oxygen atoms in total. The maximum atomic E-state index is 13.0. The van der Waals surface area contributed by atoms with Gasteiger partial charge in [-0.15, -0.1) is 0 Å². The SMILES string of the molecule is CCNC(CCN1CCCCCC1)c1ccc(F)cn1. The minimum atomic E-state index is -0.267. The maximum absolute atomic E-state index is 13.0. The molecule has 1 unspecified atom stereocenters. The summed E-state index contributed by atoms with van der Waals surface area (Å²) in [6.45, 7) is 6.54. The molecule has 20 heavy (non-hydrogen) atoms. The highest BCUT2D eigenvalue weighted by molar-refractivity contribution is 5.10. The second kappa shape index (κ2) is 8.32. The summed E-state index contributed by atoms with van der Waals surface area (Å²) in [5.74, 6) is -0.267. The topological polar surface area (TPSA) is 28.2 Å². The van der Waals surface area contributed by atoms with Gasteiger partial charge in [0.25, 0.3) is 0 Å². The van der Waals surface area contributed by atoms with Gasteiger partial charge in [-0.2, -0.15) is 0 Å². The fourth-order valence-electron chi connectivity index (χ4n) is 2.87. The molecule has 0 aliphatic carbocycles. The van der Waals surface area contributed by atoms with E-state index in [0.717, 1.165) is 25.2 Å². The van der Waals surface area contributed by atoms with Gasteiger partial charge in [0, 0.05) is 0 Å². The maximum Gasteiger partial charge on any atom is 0.141 e. The fourth-order valence-corrected chi connectivity index (χ4v) is 2.87. The van der Waals surface area contributed by atoms with Crippen LogP contribution in [0.25, 0.3) is 0 Å². The van der Waals surface area contributed by atoms with Crippen LogP contribution in [0.2, 0.25) is 0 Å². The largest absolute Gasteiger partial charge is 0.309 e. The number of hydrogen-bond donors (Lipinski definition) is 1. The predicted octanol–water partition coefficient (Wildman–Crippen LogP) is 3.14. The zero-order chi connectivity index (χ0) is 14.2. The number of nitrogens with zero attached hydrogens (tertiary/aromatic N) is 2. The number of pyridine rings is 1. The number of hydrogen-bond acceptors (Lipinski definition) is 3. The van der Waals surface area contributed by atoms with E-state index in [0.29, 0.717) is 0 Å². The van der Waals surface area contributed by atoms with Crippen molar-refractivity contribution in [1.29, 1.82) is 0 Å². The zero-order valence-electron chi connectivity index (χ0n) is 12.4. The van der Waals surface area contributed by atoms with Crippen molar-refractivity contribution in [3.63, 3.8) is 0 Å². The van der Waals surface area contributed by atoms with E-state index in [1.807, 2.05) is 0 Å². The predicted molar refractivity (Wildman–Crippen MR) is 80.1 cm³/mol. The average Bonchev–Trinajstić information content (AvgIpc) is 2.73. The van der Waals surface area contributed by atoms with Gasteiger partial charge < -0.3 is 10.2 Å². The molecule has 1 aromatic rings. The third kappa shape index (κ3) is 4.84. The molecular weight excluding hydrogens is 253 g/mol. The van der Waals surface area contributed by atoms with Crippen LogP contribution in [0.5, 0.6) is 0 Å². The van der Waals surface area contributed by atoms with Gasteiger partial charge in [0.05, 0.1) is 17.9 Å². The molecule has 2 rings (SSSR count). The summed E-state index contributed by atoms with van der Waals surface area (Å²) in [5.41, 5.74) is 0.947. The zero-order valence-corrected chi connectivity index (χ0v) is 12.4. The Balaban J connectivity index is 1.89. The summed E-state index contributed by atoms with van der Waals surface area (Å²) in [4.78, 5) is 6.78. The molecule has 0 amide bonds. The van der Waals surface area contributed by atoms with Crippen molar-refractivity contribution in [2.75, 3.05) is 26.2 Å². The average molecular weight is 279 g/mol. The van der Waals surface area contributed by atoms with Crippen molar-refractivity contribution < 1.29 is 4.39 Å². The van der Waals surface area contributed by atoms with E-state index in [1.165, 1.54) is 51.0 Å². The lowest BCUT2D eigenvalue weighted by atomic mass is 10.1. The van der Waals surface area contributed by atoms with Crippen molar-refractivity contribution in [2.24, 2.45) is 0 Å². The van der Waals surface area contributed by atoms with Crippen LogP contribution in [0.4, 0.5) is 4.39 Å². The molecule has 4 heteroatoms. The van der Waals surface area contributed by atoms with Gasteiger partial charge >= 0.3 is 0 Å². The van der Waals surface area contributed by atoms with E-state index in [1.54, 1.807) is 6.07 Å². The molecule has 0 radical (unpaired) electrons. The van der Waals surface area contributed by atoms with Crippen LogP contribution in [0.1, 0.15) is 50.8 Å². The number of aromatic nitrogens is 1. The van der Waals surface area contributed by atoms with Crippen LogP contribution in [0.15, 0.2) is 18.3 Å². The van der Waals surface area contributed by atoms with Crippen molar-refractivity contribution in [1.82, 2.24) is 15.2 Å².